The fourth-order valence-corrected chi connectivity index (χ4v) is 5.41. The van der Waals surface area contributed by atoms with Crippen LogP contribution in [0, 0.1) is 0 Å². The molecule has 1 N–H and O–H groups in total. The van der Waals surface area contributed by atoms with Gasteiger partial charge in [0.05, 0.1) is 17.5 Å². The Morgan fingerprint density at radius 2 is 1.74 bits per heavy atom. The van der Waals surface area contributed by atoms with E-state index in [-0.39, 0.29) is 30.0 Å². The van der Waals surface area contributed by atoms with Gasteiger partial charge in [0.25, 0.3) is 11.8 Å². The Labute approximate surface area is 202 Å². The van der Waals surface area contributed by atoms with Gasteiger partial charge in [0.1, 0.15) is 18.1 Å². The van der Waals surface area contributed by atoms with Crippen LogP contribution in [0.1, 0.15) is 59.7 Å². The second-order valence-electron chi connectivity index (χ2n) is 9.11. The molecular weight excluding hydrogens is 454 g/mol. The number of cyclic esters (lactones) is 1. The molecule has 2 saturated heterocycles. The molecule has 0 aliphatic carbocycles. The molecule has 184 valence electrons. The third-order valence-corrected chi connectivity index (χ3v) is 7.04. The quantitative estimate of drug-likeness (QED) is 0.380. The minimum absolute atomic E-state index is 0.0130. The predicted octanol–water partition coefficient (Wildman–Crippen LogP) is 1.16. The Morgan fingerprint density at radius 1 is 1.06 bits per heavy atom. The molecule has 4 aliphatic rings. The third kappa shape index (κ3) is 4.01. The number of benzene rings is 1. The maximum absolute atomic E-state index is 13.8. The molecule has 4 aliphatic heterocycles. The first-order valence-electron chi connectivity index (χ1n) is 12.0. The molecule has 0 bridgehead atoms. The number of ether oxygens (including phenoxy) is 2. The predicted molar refractivity (Wildman–Crippen MR) is 121 cm³/mol. The zero-order valence-corrected chi connectivity index (χ0v) is 19.3. The molecule has 1 aromatic carbocycles. The number of imide groups is 1. The van der Waals surface area contributed by atoms with E-state index in [1.165, 1.54) is 4.90 Å². The Hall–Kier alpha value is -3.53. The Kier molecular flexibility index (Phi) is 6.14. The van der Waals surface area contributed by atoms with E-state index < -0.39 is 54.0 Å². The monoisotopic (exact) mass is 481 g/mol. The molecular formula is C25H27N3O7. The van der Waals surface area contributed by atoms with E-state index >= 15 is 0 Å². The molecule has 2 unspecified atom stereocenters. The molecule has 2 fully saturated rings. The first-order chi connectivity index (χ1) is 16.9. The van der Waals surface area contributed by atoms with E-state index in [4.69, 9.17) is 9.47 Å². The van der Waals surface area contributed by atoms with E-state index in [2.05, 4.69) is 5.32 Å². The van der Waals surface area contributed by atoms with Crippen LogP contribution in [-0.4, -0.2) is 76.5 Å². The zero-order valence-electron chi connectivity index (χ0n) is 19.3. The average Bonchev–Trinajstić information content (AvgIpc) is 3.48. The molecule has 0 saturated carbocycles. The van der Waals surface area contributed by atoms with Crippen LogP contribution in [0.25, 0.3) is 0 Å². The second-order valence-corrected chi connectivity index (χ2v) is 9.11. The minimum Gasteiger partial charge on any atom is -0.433 e. The molecule has 5 rings (SSSR count). The smallest absolute Gasteiger partial charge is 0.310 e. The van der Waals surface area contributed by atoms with Gasteiger partial charge in [-0.3, -0.25) is 28.9 Å². The lowest BCUT2D eigenvalue weighted by atomic mass is 10.0. The van der Waals surface area contributed by atoms with Crippen LogP contribution in [-0.2, 0) is 23.9 Å². The summed E-state index contributed by atoms with van der Waals surface area (Å²) in [5.41, 5.74) is 0.549. The normalized spacial score (nSPS) is 30.1. The van der Waals surface area contributed by atoms with E-state index in [0.717, 1.165) is 4.90 Å². The van der Waals surface area contributed by atoms with Gasteiger partial charge in [0.2, 0.25) is 18.1 Å². The van der Waals surface area contributed by atoms with Gasteiger partial charge in [-0.05, 0) is 44.7 Å². The molecule has 4 heterocycles. The molecule has 10 nitrogen and oxygen atoms in total. The average molecular weight is 482 g/mol. The van der Waals surface area contributed by atoms with Crippen LogP contribution >= 0.6 is 0 Å². The van der Waals surface area contributed by atoms with Crippen molar-refractivity contribution in [1.29, 1.82) is 0 Å². The highest BCUT2D eigenvalue weighted by molar-refractivity contribution is 6.23. The summed E-state index contributed by atoms with van der Waals surface area (Å²) in [5.74, 6) is -2.30. The topological polar surface area (TPSA) is 122 Å². The highest BCUT2D eigenvalue weighted by atomic mass is 16.7. The van der Waals surface area contributed by atoms with Crippen molar-refractivity contribution in [2.75, 3.05) is 6.61 Å². The van der Waals surface area contributed by atoms with Gasteiger partial charge in [-0.1, -0.05) is 24.3 Å². The van der Waals surface area contributed by atoms with Crippen molar-refractivity contribution in [3.05, 3.63) is 47.5 Å². The van der Waals surface area contributed by atoms with Crippen molar-refractivity contribution in [2.24, 2.45) is 0 Å². The largest absolute Gasteiger partial charge is 0.433 e. The summed E-state index contributed by atoms with van der Waals surface area (Å²) in [6, 6.07) is 3.81. The SMILES string of the molecule is CCOC1OC(=O)CC1NC(=O)[C@@H]1CC[C@H]2CC=CC[C@H](N3C(=O)c4ccccc4C3=O)C(=O)N21. The fraction of sp³-hybridized carbons (Fsp3) is 0.480. The Morgan fingerprint density at radius 3 is 2.43 bits per heavy atom. The number of nitrogens with one attached hydrogen (secondary N) is 1. The number of esters is 1. The molecule has 35 heavy (non-hydrogen) atoms. The highest BCUT2D eigenvalue weighted by Crippen LogP contribution is 2.33. The van der Waals surface area contributed by atoms with Gasteiger partial charge in [-0.25, -0.2) is 0 Å². The lowest BCUT2D eigenvalue weighted by Crippen LogP contribution is -2.58. The summed E-state index contributed by atoms with van der Waals surface area (Å²) in [4.78, 5) is 67.6. The molecule has 4 amide bonds. The van der Waals surface area contributed by atoms with Gasteiger partial charge in [0.15, 0.2) is 0 Å². The maximum atomic E-state index is 13.8. The molecule has 10 heteroatoms. The van der Waals surface area contributed by atoms with Gasteiger partial charge in [-0.15, -0.1) is 0 Å². The maximum Gasteiger partial charge on any atom is 0.310 e. The molecule has 5 atom stereocenters. The van der Waals surface area contributed by atoms with Gasteiger partial charge in [0, 0.05) is 12.6 Å². The van der Waals surface area contributed by atoms with E-state index in [9.17, 15) is 24.0 Å². The Bertz CT molecular complexity index is 1080. The van der Waals surface area contributed by atoms with Gasteiger partial charge >= 0.3 is 5.97 Å². The first kappa shape index (κ1) is 23.2. The highest BCUT2D eigenvalue weighted by Gasteiger charge is 2.49. The minimum atomic E-state index is -1.04. The van der Waals surface area contributed by atoms with Crippen molar-refractivity contribution >= 4 is 29.6 Å². The number of hydrogen-bond donors (Lipinski definition) is 1. The third-order valence-electron chi connectivity index (χ3n) is 7.04. The lowest BCUT2D eigenvalue weighted by molar-refractivity contribution is -0.164. The second kappa shape index (κ2) is 9.26. The zero-order chi connectivity index (χ0) is 24.7. The van der Waals surface area contributed by atoms with Crippen LogP contribution < -0.4 is 5.32 Å². The first-order valence-corrected chi connectivity index (χ1v) is 12.0. The molecule has 0 aromatic heterocycles. The van der Waals surface area contributed by atoms with Crippen molar-refractivity contribution in [2.45, 2.75) is 69.5 Å². The van der Waals surface area contributed by atoms with Crippen LogP contribution in [0.2, 0.25) is 0 Å². The van der Waals surface area contributed by atoms with Crippen LogP contribution in [0.5, 0.6) is 0 Å². The lowest BCUT2D eigenvalue weighted by Gasteiger charge is -2.36. The van der Waals surface area contributed by atoms with Crippen molar-refractivity contribution in [3.8, 4) is 0 Å². The summed E-state index contributed by atoms with van der Waals surface area (Å²) >= 11 is 0. The van der Waals surface area contributed by atoms with E-state index in [1.54, 1.807) is 31.2 Å². The summed E-state index contributed by atoms with van der Waals surface area (Å²) < 4.78 is 10.6. The molecule has 0 radical (unpaired) electrons. The van der Waals surface area contributed by atoms with Crippen LogP contribution in [0.15, 0.2) is 36.4 Å². The van der Waals surface area contributed by atoms with Crippen LogP contribution in [0.3, 0.4) is 0 Å². The van der Waals surface area contributed by atoms with Crippen molar-refractivity contribution < 1.29 is 33.4 Å². The van der Waals surface area contributed by atoms with Crippen LogP contribution in [0.4, 0.5) is 0 Å². The number of hydrogen-bond acceptors (Lipinski definition) is 7. The van der Waals surface area contributed by atoms with Crippen molar-refractivity contribution in [3.63, 3.8) is 0 Å². The fourth-order valence-electron chi connectivity index (χ4n) is 5.41. The summed E-state index contributed by atoms with van der Waals surface area (Å²) in [6.45, 7) is 2.08. The van der Waals surface area contributed by atoms with Gasteiger partial charge in [-0.2, -0.15) is 0 Å². The van der Waals surface area contributed by atoms with E-state index in [1.807, 2.05) is 12.2 Å². The summed E-state index contributed by atoms with van der Waals surface area (Å²) in [6.07, 6.45) is 4.68. The number of carbonyl (C=O) groups is 5. The van der Waals surface area contributed by atoms with Crippen molar-refractivity contribution in [1.82, 2.24) is 15.1 Å². The molecule has 0 spiro atoms. The number of fused-ring (bicyclic) bond motifs is 2. The number of rotatable bonds is 5. The number of carbonyl (C=O) groups excluding carboxylic acids is 5. The number of amides is 4. The number of nitrogens with zero attached hydrogens (tertiary/aromatic N) is 2. The summed E-state index contributed by atoms with van der Waals surface area (Å²) in [5, 5.41) is 2.82. The van der Waals surface area contributed by atoms with E-state index in [0.29, 0.717) is 25.9 Å². The van der Waals surface area contributed by atoms with Gasteiger partial charge < -0.3 is 19.7 Å². The summed E-state index contributed by atoms with van der Waals surface area (Å²) in [7, 11) is 0. The molecule has 1 aromatic rings. The Balaban J connectivity index is 1.38. The standard InChI is InChI=1S/C25H27N3O7/c1-2-34-25-17(13-20(29)35-25)26-21(30)18-12-11-14-7-3-6-10-19(24(33)27(14)18)28-22(31)15-8-4-5-9-16(15)23(28)32/h3-6,8-9,14,17-19,25H,2,7,10-13H2,1H3,(H,26,30)/t14-,17?,18+,19+,25?/m1/s1.